The van der Waals surface area contributed by atoms with Gasteiger partial charge in [0.05, 0.1) is 12.9 Å². The van der Waals surface area contributed by atoms with Crippen LogP contribution in [0.4, 0.5) is 0 Å². The minimum atomic E-state index is -3.25. The van der Waals surface area contributed by atoms with Crippen molar-refractivity contribution in [3.8, 4) is 0 Å². The molecule has 0 aromatic heterocycles. The second-order valence-electron chi connectivity index (χ2n) is 7.89. The molecule has 0 unspecified atom stereocenters. The van der Waals surface area contributed by atoms with Gasteiger partial charge in [-0.25, -0.2) is 0 Å². The smallest absolute Gasteiger partial charge is 0.264 e. The lowest BCUT2D eigenvalue weighted by molar-refractivity contribution is 0.309. The molecule has 3 nitrogen and oxygen atoms in total. The van der Waals surface area contributed by atoms with Crippen LogP contribution in [0.1, 0.15) is 129 Å². The van der Waals surface area contributed by atoms with E-state index in [1.165, 1.54) is 109 Å². The monoisotopic (exact) mass is 390 g/mol. The summed E-state index contributed by atoms with van der Waals surface area (Å²) in [7, 11) is -3.25. The Labute approximate surface area is 164 Å². The molecule has 0 N–H and O–H groups in total. The number of hydrogen-bond acceptors (Lipinski definition) is 3. The zero-order chi connectivity index (χ0) is 19.3. The van der Waals surface area contributed by atoms with Crippen LogP contribution in [-0.4, -0.2) is 21.3 Å². The summed E-state index contributed by atoms with van der Waals surface area (Å²) >= 11 is 0. The van der Waals surface area contributed by atoms with E-state index in [1.807, 2.05) is 0 Å². The lowest BCUT2D eigenvalue weighted by Crippen LogP contribution is -2.03. The average Bonchev–Trinajstić information content (AvgIpc) is 2.59. The fourth-order valence-corrected chi connectivity index (χ4v) is 3.81. The van der Waals surface area contributed by atoms with Crippen molar-refractivity contribution in [2.45, 2.75) is 129 Å². The molecule has 0 aromatic rings. The summed E-state index contributed by atoms with van der Waals surface area (Å²) < 4.78 is 26.3. The zero-order valence-electron chi connectivity index (χ0n) is 17.8. The van der Waals surface area contributed by atoms with Crippen LogP contribution in [-0.2, 0) is 14.3 Å². The van der Waals surface area contributed by atoms with Gasteiger partial charge in [0.25, 0.3) is 10.1 Å². The first-order chi connectivity index (χ1) is 12.6. The Morgan fingerprint density at radius 3 is 1.04 bits per heavy atom. The predicted molar refractivity (Wildman–Crippen MR) is 114 cm³/mol. The van der Waals surface area contributed by atoms with E-state index in [1.54, 1.807) is 0 Å². The van der Waals surface area contributed by atoms with Crippen molar-refractivity contribution in [2.24, 2.45) is 0 Å². The van der Waals surface area contributed by atoms with Crippen molar-refractivity contribution in [1.29, 1.82) is 0 Å². The Hall–Kier alpha value is -0.0900. The predicted octanol–water partition coefficient (Wildman–Crippen LogP) is 7.39. The van der Waals surface area contributed by atoms with E-state index in [0.717, 1.165) is 19.1 Å². The van der Waals surface area contributed by atoms with Gasteiger partial charge in [0.1, 0.15) is 0 Å². The summed E-state index contributed by atoms with van der Waals surface area (Å²) in [5.41, 5.74) is 0. The molecule has 0 aromatic carbocycles. The van der Waals surface area contributed by atoms with Gasteiger partial charge >= 0.3 is 0 Å². The standard InChI is InChI=1S/C22H46O3S/c1-3-4-5-6-7-8-9-10-11-12-13-14-15-16-17-18-19-20-21-22-25-26(2,23)24/h3-22H2,1-2H3. The Morgan fingerprint density at radius 2 is 0.769 bits per heavy atom. The van der Waals surface area contributed by atoms with Gasteiger partial charge in [-0.1, -0.05) is 122 Å². The summed E-state index contributed by atoms with van der Waals surface area (Å²) in [6.45, 7) is 2.63. The normalized spacial score (nSPS) is 11.9. The van der Waals surface area contributed by atoms with Crippen LogP contribution in [0.15, 0.2) is 0 Å². The van der Waals surface area contributed by atoms with E-state index >= 15 is 0 Å². The van der Waals surface area contributed by atoms with Crippen LogP contribution in [0.5, 0.6) is 0 Å². The largest absolute Gasteiger partial charge is 0.270 e. The highest BCUT2D eigenvalue weighted by molar-refractivity contribution is 7.85. The van der Waals surface area contributed by atoms with Crippen molar-refractivity contribution < 1.29 is 12.6 Å². The Kier molecular flexibility index (Phi) is 19.6. The molecule has 0 atom stereocenters. The first kappa shape index (κ1) is 25.9. The molecular formula is C22H46O3S. The third-order valence-electron chi connectivity index (χ3n) is 5.05. The average molecular weight is 391 g/mol. The minimum absolute atomic E-state index is 0.345. The highest BCUT2D eigenvalue weighted by Gasteiger charge is 2.00. The summed E-state index contributed by atoms with van der Waals surface area (Å²) in [6.07, 6.45) is 26.7. The molecule has 0 aliphatic heterocycles. The Bertz CT molecular complexity index is 366. The van der Waals surface area contributed by atoms with E-state index in [4.69, 9.17) is 4.18 Å². The van der Waals surface area contributed by atoms with Crippen molar-refractivity contribution >= 4 is 10.1 Å². The van der Waals surface area contributed by atoms with Crippen molar-refractivity contribution in [3.05, 3.63) is 0 Å². The summed E-state index contributed by atoms with van der Waals surface area (Å²) in [5, 5.41) is 0. The van der Waals surface area contributed by atoms with Crippen LogP contribution in [0.25, 0.3) is 0 Å². The number of unbranched alkanes of at least 4 members (excludes halogenated alkanes) is 18. The molecule has 158 valence electrons. The fraction of sp³-hybridized carbons (Fsp3) is 1.00. The van der Waals surface area contributed by atoms with Crippen molar-refractivity contribution in [2.75, 3.05) is 12.9 Å². The van der Waals surface area contributed by atoms with Crippen molar-refractivity contribution in [3.63, 3.8) is 0 Å². The summed E-state index contributed by atoms with van der Waals surface area (Å²) in [5.74, 6) is 0. The molecule has 0 radical (unpaired) electrons. The molecule has 0 spiro atoms. The quantitative estimate of drug-likeness (QED) is 0.151. The van der Waals surface area contributed by atoms with Gasteiger partial charge in [-0.3, -0.25) is 4.18 Å². The SMILES string of the molecule is CCCCCCCCCCCCCCCCCCCCCOS(C)(=O)=O. The van der Waals surface area contributed by atoms with Gasteiger partial charge in [0.15, 0.2) is 0 Å². The maximum atomic E-state index is 10.8. The highest BCUT2D eigenvalue weighted by atomic mass is 32.2. The second kappa shape index (κ2) is 19.7. The summed E-state index contributed by atoms with van der Waals surface area (Å²) in [4.78, 5) is 0. The van der Waals surface area contributed by atoms with Crippen LogP contribution in [0.3, 0.4) is 0 Å². The van der Waals surface area contributed by atoms with Gasteiger partial charge in [0, 0.05) is 0 Å². The molecule has 0 aliphatic carbocycles. The first-order valence-electron chi connectivity index (χ1n) is 11.4. The molecule has 0 bridgehead atoms. The van der Waals surface area contributed by atoms with Gasteiger partial charge in [-0.05, 0) is 6.42 Å². The molecular weight excluding hydrogens is 344 g/mol. The second-order valence-corrected chi connectivity index (χ2v) is 9.53. The van der Waals surface area contributed by atoms with Crippen LogP contribution >= 0.6 is 0 Å². The van der Waals surface area contributed by atoms with Crippen LogP contribution in [0.2, 0.25) is 0 Å². The molecule has 0 aliphatic rings. The van der Waals surface area contributed by atoms with Crippen LogP contribution < -0.4 is 0 Å². The molecule has 0 rings (SSSR count). The molecule has 0 heterocycles. The van der Waals surface area contributed by atoms with E-state index in [-0.39, 0.29) is 0 Å². The topological polar surface area (TPSA) is 43.4 Å². The molecule has 0 fully saturated rings. The van der Waals surface area contributed by atoms with Gasteiger partial charge in [-0.2, -0.15) is 8.42 Å². The minimum Gasteiger partial charge on any atom is -0.270 e. The van der Waals surface area contributed by atoms with E-state index in [9.17, 15) is 8.42 Å². The van der Waals surface area contributed by atoms with E-state index in [0.29, 0.717) is 6.61 Å². The molecule has 26 heavy (non-hydrogen) atoms. The molecule has 0 saturated heterocycles. The van der Waals surface area contributed by atoms with Gasteiger partial charge in [0.2, 0.25) is 0 Å². The first-order valence-corrected chi connectivity index (χ1v) is 13.2. The molecule has 0 saturated carbocycles. The Balaban J connectivity index is 3.03. The third-order valence-corrected chi connectivity index (χ3v) is 5.64. The zero-order valence-corrected chi connectivity index (χ0v) is 18.6. The molecule has 0 amide bonds. The summed E-state index contributed by atoms with van der Waals surface area (Å²) in [6, 6.07) is 0. The molecule has 4 heteroatoms. The van der Waals surface area contributed by atoms with Crippen molar-refractivity contribution in [1.82, 2.24) is 0 Å². The number of rotatable bonds is 21. The van der Waals surface area contributed by atoms with Gasteiger partial charge < -0.3 is 0 Å². The lowest BCUT2D eigenvalue weighted by Gasteiger charge is -2.04. The number of hydrogen-bond donors (Lipinski definition) is 0. The third kappa shape index (κ3) is 23.9. The fourth-order valence-electron chi connectivity index (χ4n) is 3.39. The lowest BCUT2D eigenvalue weighted by atomic mass is 10.0. The Morgan fingerprint density at radius 1 is 0.500 bits per heavy atom. The highest BCUT2D eigenvalue weighted by Crippen LogP contribution is 2.14. The maximum Gasteiger partial charge on any atom is 0.264 e. The van der Waals surface area contributed by atoms with Crippen LogP contribution in [0, 0.1) is 0 Å². The maximum absolute atomic E-state index is 10.8. The van der Waals surface area contributed by atoms with E-state index < -0.39 is 10.1 Å². The van der Waals surface area contributed by atoms with E-state index in [2.05, 4.69) is 6.92 Å². The van der Waals surface area contributed by atoms with Gasteiger partial charge in [-0.15, -0.1) is 0 Å².